The van der Waals surface area contributed by atoms with E-state index >= 15 is 0 Å². The van der Waals surface area contributed by atoms with Crippen LogP contribution in [0.4, 0.5) is 4.79 Å². The van der Waals surface area contributed by atoms with Crippen LogP contribution < -0.4 is 9.57 Å². The fourth-order valence-corrected chi connectivity index (χ4v) is 2.48. The summed E-state index contributed by atoms with van der Waals surface area (Å²) in [6, 6.07) is 6.87. The lowest BCUT2D eigenvalue weighted by Crippen LogP contribution is -2.52. The maximum atomic E-state index is 12.0. The van der Waals surface area contributed by atoms with Gasteiger partial charge in [0.15, 0.2) is 11.0 Å². The van der Waals surface area contributed by atoms with E-state index in [1.807, 2.05) is 20.8 Å². The van der Waals surface area contributed by atoms with E-state index in [-0.39, 0.29) is 6.09 Å². The third-order valence-corrected chi connectivity index (χ3v) is 3.92. The zero-order valence-corrected chi connectivity index (χ0v) is 14.5. The van der Waals surface area contributed by atoms with Crippen molar-refractivity contribution in [2.24, 2.45) is 5.10 Å². The SMILES string of the molecule is COc1ccc(S(=O)NN=C2CN(C(=O)OC(C)(C)C)C2)cc1. The third kappa shape index (κ3) is 4.95. The molecule has 0 bridgehead atoms. The van der Waals surface area contributed by atoms with Crippen LogP contribution in [0.25, 0.3) is 0 Å². The number of hydrogen-bond donors (Lipinski definition) is 1. The van der Waals surface area contributed by atoms with Gasteiger partial charge in [0, 0.05) is 0 Å². The number of nitrogens with one attached hydrogen (secondary N) is 1. The number of nitrogens with zero attached hydrogens (tertiary/aromatic N) is 2. The first kappa shape index (κ1) is 17.3. The molecule has 1 aliphatic rings. The molecule has 1 aliphatic heterocycles. The van der Waals surface area contributed by atoms with Gasteiger partial charge in [0.05, 0.1) is 30.8 Å². The van der Waals surface area contributed by atoms with Crippen LogP contribution in [0.5, 0.6) is 5.75 Å². The van der Waals surface area contributed by atoms with E-state index in [1.54, 1.807) is 31.4 Å². The fraction of sp³-hybridized carbons (Fsp3) is 0.467. The average molecular weight is 339 g/mol. The standard InChI is InChI=1S/C15H21N3O4S/c1-15(2,3)22-14(19)18-9-11(10-18)16-17-23(20)13-7-5-12(21-4)6-8-13/h5-8,17H,9-10H2,1-4H3. The molecular formula is C15H21N3O4S. The highest BCUT2D eigenvalue weighted by molar-refractivity contribution is 7.83. The zero-order valence-electron chi connectivity index (χ0n) is 13.7. The summed E-state index contributed by atoms with van der Waals surface area (Å²) in [6.45, 7) is 6.21. The number of benzene rings is 1. The van der Waals surface area contributed by atoms with Gasteiger partial charge in [-0.25, -0.2) is 13.8 Å². The van der Waals surface area contributed by atoms with Crippen LogP contribution in [0, 0.1) is 0 Å². The average Bonchev–Trinajstić information content (AvgIpc) is 2.43. The van der Waals surface area contributed by atoms with Crippen LogP contribution in [0.3, 0.4) is 0 Å². The van der Waals surface area contributed by atoms with Crippen LogP contribution in [0.1, 0.15) is 20.8 Å². The maximum absolute atomic E-state index is 12.0. The second kappa shape index (κ2) is 6.99. The Morgan fingerprint density at radius 3 is 2.39 bits per heavy atom. The topological polar surface area (TPSA) is 80.2 Å². The number of methoxy groups -OCH3 is 1. The first-order valence-electron chi connectivity index (χ1n) is 7.13. The number of carbonyl (C=O) groups is 1. The van der Waals surface area contributed by atoms with Crippen LogP contribution in [0.15, 0.2) is 34.3 Å². The predicted molar refractivity (Wildman–Crippen MR) is 87.8 cm³/mol. The van der Waals surface area contributed by atoms with Crippen LogP contribution in [0.2, 0.25) is 0 Å². The molecule has 1 saturated heterocycles. The minimum absolute atomic E-state index is 0.368. The van der Waals surface area contributed by atoms with Gasteiger partial charge in [-0.1, -0.05) is 0 Å². The molecule has 126 valence electrons. The monoisotopic (exact) mass is 339 g/mol. The van der Waals surface area contributed by atoms with Crippen molar-refractivity contribution in [2.45, 2.75) is 31.3 Å². The Morgan fingerprint density at radius 2 is 1.87 bits per heavy atom. The molecule has 1 atom stereocenters. The molecule has 0 saturated carbocycles. The number of rotatable bonds is 4. The van der Waals surface area contributed by atoms with Crippen molar-refractivity contribution in [1.29, 1.82) is 0 Å². The Hall–Kier alpha value is -2.09. The summed E-state index contributed by atoms with van der Waals surface area (Å²) in [5.41, 5.74) is 0.232. The fourth-order valence-electron chi connectivity index (χ4n) is 1.78. The normalized spacial score (nSPS) is 15.5. The molecule has 23 heavy (non-hydrogen) atoms. The van der Waals surface area contributed by atoms with Crippen molar-refractivity contribution in [1.82, 2.24) is 9.73 Å². The van der Waals surface area contributed by atoms with Gasteiger partial charge in [-0.15, -0.1) is 0 Å². The molecule has 1 heterocycles. The van der Waals surface area contributed by atoms with Crippen molar-refractivity contribution in [3.05, 3.63) is 24.3 Å². The van der Waals surface area contributed by atoms with Crippen molar-refractivity contribution in [3.63, 3.8) is 0 Å². The highest BCUT2D eigenvalue weighted by Crippen LogP contribution is 2.15. The number of hydrogen-bond acceptors (Lipinski definition) is 5. The zero-order chi connectivity index (χ0) is 17.0. The molecule has 8 heteroatoms. The molecule has 1 N–H and O–H groups in total. The Morgan fingerprint density at radius 1 is 1.26 bits per heavy atom. The van der Waals surface area contributed by atoms with E-state index in [2.05, 4.69) is 9.93 Å². The second-order valence-corrected chi connectivity index (χ2v) is 7.24. The van der Waals surface area contributed by atoms with E-state index in [9.17, 15) is 9.00 Å². The molecule has 0 aliphatic carbocycles. The second-order valence-electron chi connectivity index (χ2n) is 6.05. The Labute approximate surface area is 138 Å². The molecule has 2 rings (SSSR count). The molecule has 1 amide bonds. The van der Waals surface area contributed by atoms with Crippen molar-refractivity contribution in [2.75, 3.05) is 20.2 Å². The molecule has 1 aromatic rings. The lowest BCUT2D eigenvalue weighted by atomic mass is 10.2. The lowest BCUT2D eigenvalue weighted by Gasteiger charge is -2.34. The Balaban J connectivity index is 1.81. The van der Waals surface area contributed by atoms with Gasteiger partial charge in [0.1, 0.15) is 11.4 Å². The summed E-state index contributed by atoms with van der Waals surface area (Å²) in [7, 11) is 0.125. The number of hydrazone groups is 1. The third-order valence-electron chi connectivity index (χ3n) is 2.96. The van der Waals surface area contributed by atoms with Gasteiger partial charge in [-0.05, 0) is 45.0 Å². The van der Waals surface area contributed by atoms with Gasteiger partial charge < -0.3 is 9.47 Å². The van der Waals surface area contributed by atoms with Gasteiger partial charge in [0.25, 0.3) is 0 Å². The molecule has 1 aromatic carbocycles. The molecule has 1 fully saturated rings. The van der Waals surface area contributed by atoms with Gasteiger partial charge in [0.2, 0.25) is 0 Å². The van der Waals surface area contributed by atoms with Crippen molar-refractivity contribution >= 4 is 22.8 Å². The highest BCUT2D eigenvalue weighted by atomic mass is 32.2. The van der Waals surface area contributed by atoms with E-state index in [0.29, 0.717) is 23.7 Å². The largest absolute Gasteiger partial charge is 0.497 e. The summed E-state index contributed by atoms with van der Waals surface area (Å²) in [4.78, 5) is 16.5. The first-order chi connectivity index (χ1) is 10.8. The van der Waals surface area contributed by atoms with Gasteiger partial charge >= 0.3 is 6.09 Å². The van der Waals surface area contributed by atoms with Crippen molar-refractivity contribution < 1.29 is 18.5 Å². The Kier molecular flexibility index (Phi) is 5.25. The van der Waals surface area contributed by atoms with E-state index in [1.165, 1.54) is 4.90 Å². The lowest BCUT2D eigenvalue weighted by molar-refractivity contribution is 0.0264. The summed E-state index contributed by atoms with van der Waals surface area (Å²) < 4.78 is 22.3. The van der Waals surface area contributed by atoms with Crippen LogP contribution in [-0.2, 0) is 15.7 Å². The molecule has 0 aromatic heterocycles. The number of likely N-dealkylation sites (tertiary alicyclic amines) is 1. The molecule has 1 unspecified atom stereocenters. The minimum Gasteiger partial charge on any atom is -0.497 e. The maximum Gasteiger partial charge on any atom is 0.410 e. The van der Waals surface area contributed by atoms with E-state index < -0.39 is 16.6 Å². The number of amides is 1. The summed E-state index contributed by atoms with van der Waals surface area (Å²) in [5.74, 6) is 0.698. The van der Waals surface area contributed by atoms with Gasteiger partial charge in [-0.3, -0.25) is 4.90 Å². The summed E-state index contributed by atoms with van der Waals surface area (Å²) in [6.07, 6.45) is -0.368. The summed E-state index contributed by atoms with van der Waals surface area (Å²) in [5, 5.41) is 4.06. The van der Waals surface area contributed by atoms with Crippen LogP contribution >= 0.6 is 0 Å². The Bertz CT molecular complexity index is 615. The first-order valence-corrected chi connectivity index (χ1v) is 8.28. The number of carbonyl (C=O) groups excluding carboxylic acids is 1. The molecule has 0 spiro atoms. The molecule has 7 nitrogen and oxygen atoms in total. The minimum atomic E-state index is -1.45. The number of ether oxygens (including phenoxy) is 2. The smallest absolute Gasteiger partial charge is 0.410 e. The van der Waals surface area contributed by atoms with E-state index in [0.717, 1.165) is 5.71 Å². The summed E-state index contributed by atoms with van der Waals surface area (Å²) >= 11 is 0. The molecular weight excluding hydrogens is 318 g/mol. The quantitative estimate of drug-likeness (QED) is 0.850. The van der Waals surface area contributed by atoms with Crippen LogP contribution in [-0.4, -0.2) is 46.7 Å². The van der Waals surface area contributed by atoms with Crippen molar-refractivity contribution in [3.8, 4) is 5.75 Å². The van der Waals surface area contributed by atoms with Gasteiger partial charge in [-0.2, -0.15) is 5.10 Å². The predicted octanol–water partition coefficient (Wildman–Crippen LogP) is 1.91. The van der Waals surface area contributed by atoms with E-state index in [4.69, 9.17) is 9.47 Å². The highest BCUT2D eigenvalue weighted by Gasteiger charge is 2.30. The molecule has 0 radical (unpaired) electrons.